The molecule has 0 atom stereocenters. The molecule has 6 heteroatoms. The molecule has 0 saturated carbocycles. The number of thiophene rings is 1. The van der Waals surface area contributed by atoms with Crippen LogP contribution in [0.3, 0.4) is 0 Å². The van der Waals surface area contributed by atoms with Gasteiger partial charge in [-0.05, 0) is 43.2 Å². The number of allylic oxidation sites excluding steroid dienone is 2. The van der Waals surface area contributed by atoms with Gasteiger partial charge >= 0.3 is 0 Å². The van der Waals surface area contributed by atoms with E-state index in [1.54, 1.807) is 0 Å². The summed E-state index contributed by atoms with van der Waals surface area (Å²) in [6.45, 7) is 4.91. The van der Waals surface area contributed by atoms with E-state index in [9.17, 15) is 4.79 Å². The number of nitrogens with zero attached hydrogens (tertiary/aromatic N) is 2. The number of carbonyl (C=O) groups is 1. The summed E-state index contributed by atoms with van der Waals surface area (Å²) >= 11 is 1.81. The van der Waals surface area contributed by atoms with Crippen LogP contribution in [0, 0.1) is 13.0 Å². The predicted octanol–water partition coefficient (Wildman–Crippen LogP) is 7.96. The van der Waals surface area contributed by atoms with Crippen LogP contribution in [-0.4, -0.2) is 20.9 Å². The van der Waals surface area contributed by atoms with Gasteiger partial charge < -0.3 is 5.11 Å². The third-order valence-electron chi connectivity index (χ3n) is 5.64. The number of aromatic nitrogens is 2. The Kier molecular flexibility index (Phi) is 7.60. The Labute approximate surface area is 226 Å². The zero-order valence-corrected chi connectivity index (χ0v) is 23.2. The third-order valence-corrected chi connectivity index (χ3v) is 6.89. The van der Waals surface area contributed by atoms with E-state index in [0.717, 1.165) is 27.9 Å². The average Bonchev–Trinajstić information content (AvgIpc) is 3.24. The zero-order valence-electron chi connectivity index (χ0n) is 20.0. The first kappa shape index (κ1) is 25.6. The first-order valence-corrected chi connectivity index (χ1v) is 12.1. The van der Waals surface area contributed by atoms with Gasteiger partial charge in [-0.15, -0.1) is 47.2 Å². The molecule has 6 aromatic rings. The predicted molar refractivity (Wildman–Crippen MR) is 146 cm³/mol. The van der Waals surface area contributed by atoms with Gasteiger partial charge in [0.15, 0.2) is 5.78 Å². The number of rotatable bonds is 2. The van der Waals surface area contributed by atoms with Crippen LogP contribution in [0.25, 0.3) is 53.2 Å². The van der Waals surface area contributed by atoms with Crippen LogP contribution in [0.2, 0.25) is 0 Å². The topological polar surface area (TPSA) is 63.1 Å². The van der Waals surface area contributed by atoms with E-state index in [0.29, 0.717) is 0 Å². The molecule has 1 N–H and O–H groups in total. The van der Waals surface area contributed by atoms with Crippen molar-refractivity contribution in [2.75, 3.05) is 0 Å². The van der Waals surface area contributed by atoms with Crippen molar-refractivity contribution in [1.82, 2.24) is 9.97 Å². The van der Waals surface area contributed by atoms with Gasteiger partial charge in [0.1, 0.15) is 0 Å². The quantitative estimate of drug-likeness (QED) is 0.116. The van der Waals surface area contributed by atoms with Crippen LogP contribution in [-0.2, 0) is 24.9 Å². The molecular weight excluding hydrogens is 645 g/mol. The maximum absolute atomic E-state index is 10.0. The largest absolute Gasteiger partial charge is 0.512 e. The maximum Gasteiger partial charge on any atom is 0.155 e. The number of carbonyl (C=O) groups excluding carboxylic acids is 1. The molecule has 3 aromatic heterocycles. The van der Waals surface area contributed by atoms with Crippen LogP contribution >= 0.6 is 11.3 Å². The number of aliphatic hydroxyl groups excluding tert-OH is 1. The van der Waals surface area contributed by atoms with Crippen molar-refractivity contribution in [2.24, 2.45) is 0 Å². The van der Waals surface area contributed by atoms with Crippen LogP contribution < -0.4 is 0 Å². The van der Waals surface area contributed by atoms with Crippen LogP contribution in [0.1, 0.15) is 19.4 Å². The summed E-state index contributed by atoms with van der Waals surface area (Å²) < 4.78 is 2.47. The molecule has 0 bridgehead atoms. The van der Waals surface area contributed by atoms with Gasteiger partial charge in [-0.25, -0.2) is 0 Å². The number of hydrogen-bond donors (Lipinski definition) is 1. The second-order valence-electron chi connectivity index (χ2n) is 8.48. The zero-order chi connectivity index (χ0) is 24.5. The fourth-order valence-corrected chi connectivity index (χ4v) is 5.59. The van der Waals surface area contributed by atoms with E-state index in [4.69, 9.17) is 15.1 Å². The van der Waals surface area contributed by atoms with E-state index in [-0.39, 0.29) is 31.6 Å². The van der Waals surface area contributed by atoms with E-state index in [2.05, 4.69) is 61.5 Å². The van der Waals surface area contributed by atoms with Gasteiger partial charge in [0, 0.05) is 58.2 Å². The van der Waals surface area contributed by atoms with Gasteiger partial charge in [0.2, 0.25) is 0 Å². The van der Waals surface area contributed by atoms with Crippen molar-refractivity contribution in [1.29, 1.82) is 0 Å². The van der Waals surface area contributed by atoms with Crippen molar-refractivity contribution in [3.8, 4) is 11.3 Å². The number of pyridine rings is 2. The number of hydrogen-bond acceptors (Lipinski definition) is 5. The molecule has 0 aliphatic carbocycles. The minimum Gasteiger partial charge on any atom is -0.512 e. The standard InChI is InChI=1S/C25H15N2S.C5H8O2.Ir/c1-15-13-20-23(26-14-15)21-19-12-11-16-7-5-6-10-18(16)24(19)28-25(21)22(27-20)17-8-3-2-4-9-17;1-4(6)3-5(2)7;/h2-8,10-14H,1H3;3,6H,1-2H3;/q-1;;/b;4-3-;. The molecule has 0 saturated heterocycles. The molecule has 4 nitrogen and oxygen atoms in total. The van der Waals surface area contributed by atoms with E-state index in [1.807, 2.05) is 35.7 Å². The third kappa shape index (κ3) is 4.93. The van der Waals surface area contributed by atoms with Gasteiger partial charge in [-0.3, -0.25) is 14.8 Å². The number of aliphatic hydroxyl groups is 1. The minimum atomic E-state index is -0.125. The summed E-state index contributed by atoms with van der Waals surface area (Å²) in [5.41, 5.74) is 5.04. The first-order valence-electron chi connectivity index (χ1n) is 11.3. The molecule has 0 unspecified atom stereocenters. The molecule has 1 radical (unpaired) electrons. The van der Waals surface area contributed by atoms with Crippen molar-refractivity contribution < 1.29 is 30.0 Å². The number of ketones is 1. The Balaban J connectivity index is 0.000000338. The molecule has 36 heavy (non-hydrogen) atoms. The Morgan fingerprint density at radius 1 is 1.00 bits per heavy atom. The number of fused-ring (bicyclic) bond motifs is 7. The molecule has 3 heterocycles. The normalized spacial score (nSPS) is 11.4. The van der Waals surface area contributed by atoms with Crippen LogP contribution in [0.4, 0.5) is 0 Å². The van der Waals surface area contributed by atoms with E-state index >= 15 is 0 Å². The van der Waals surface area contributed by atoms with E-state index < -0.39 is 0 Å². The maximum atomic E-state index is 10.0. The number of benzene rings is 3. The second kappa shape index (κ2) is 10.7. The van der Waals surface area contributed by atoms with Crippen molar-refractivity contribution in [3.05, 3.63) is 96.4 Å². The summed E-state index contributed by atoms with van der Waals surface area (Å²) in [6.07, 6.45) is 3.10. The molecule has 0 spiro atoms. The molecule has 0 amide bonds. The molecular formula is C30H23IrN2O2S-. The summed E-state index contributed by atoms with van der Waals surface area (Å²) in [4.78, 5) is 19.8. The Hall–Kier alpha value is -3.44. The fraction of sp³-hybridized carbons (Fsp3) is 0.100. The first-order chi connectivity index (χ1) is 16.9. The van der Waals surface area contributed by atoms with Crippen molar-refractivity contribution >= 4 is 59.1 Å². The fourth-order valence-electron chi connectivity index (χ4n) is 4.25. The van der Waals surface area contributed by atoms with Gasteiger partial charge in [0.25, 0.3) is 0 Å². The van der Waals surface area contributed by atoms with Crippen molar-refractivity contribution in [2.45, 2.75) is 20.8 Å². The summed E-state index contributed by atoms with van der Waals surface area (Å²) in [7, 11) is 0. The Morgan fingerprint density at radius 3 is 2.47 bits per heavy atom. The van der Waals surface area contributed by atoms with Gasteiger partial charge in [-0.2, -0.15) is 0 Å². The molecule has 6 rings (SSSR count). The van der Waals surface area contributed by atoms with Gasteiger partial charge in [-0.1, -0.05) is 36.4 Å². The Morgan fingerprint density at radius 2 is 1.78 bits per heavy atom. The molecule has 0 fully saturated rings. The molecule has 0 aliphatic heterocycles. The molecule has 0 aliphatic rings. The second-order valence-corrected chi connectivity index (χ2v) is 9.50. The summed E-state index contributed by atoms with van der Waals surface area (Å²) in [5.74, 6) is -0.0625. The smallest absolute Gasteiger partial charge is 0.155 e. The molecule has 181 valence electrons. The average molecular weight is 668 g/mol. The van der Waals surface area contributed by atoms with Crippen molar-refractivity contribution in [3.63, 3.8) is 0 Å². The van der Waals surface area contributed by atoms with Gasteiger partial charge in [0.05, 0.1) is 16.8 Å². The molecule has 3 aromatic carbocycles. The van der Waals surface area contributed by atoms with Crippen LogP contribution in [0.5, 0.6) is 0 Å². The summed E-state index contributed by atoms with van der Waals surface area (Å²) in [6, 6.07) is 26.6. The SMILES string of the molecule is CC(=O)/C=C(/C)O.Cc1cnc2c(c1)nc(-c1[c-]cccc1)c1sc3c4ccccc4ccc3c12.[Ir]. The monoisotopic (exact) mass is 668 g/mol. The van der Waals surface area contributed by atoms with E-state index in [1.165, 1.54) is 50.9 Å². The summed E-state index contributed by atoms with van der Waals surface area (Å²) in [5, 5.41) is 13.4. The minimum absolute atomic E-state index is 0. The Bertz CT molecular complexity index is 1750. The van der Waals surface area contributed by atoms with Crippen LogP contribution in [0.15, 0.2) is 84.8 Å². The number of aryl methyl sites for hydroxylation is 1.